The summed E-state index contributed by atoms with van der Waals surface area (Å²) in [6.45, 7) is -3.13. The zero-order chi connectivity index (χ0) is 24.7. The number of hydrogen-bond acceptors (Lipinski definition) is 1. The van der Waals surface area contributed by atoms with Crippen LogP contribution in [0.25, 0.3) is 33.5 Å². The van der Waals surface area contributed by atoms with Crippen LogP contribution in [0.2, 0.25) is 0 Å². The quantitative estimate of drug-likeness (QED) is 0.414. The number of benzene rings is 2. The van der Waals surface area contributed by atoms with Gasteiger partial charge < -0.3 is 0 Å². The molecule has 0 fully saturated rings. The molecule has 138 valence electrons. The molecule has 0 amide bonds. The van der Waals surface area contributed by atoms with E-state index in [0.29, 0.717) is 11.1 Å². The van der Waals surface area contributed by atoms with E-state index in [4.69, 9.17) is 8.22 Å². The van der Waals surface area contributed by atoms with Crippen molar-refractivity contribution in [2.24, 2.45) is 7.05 Å². The Kier molecular flexibility index (Phi) is 3.24. The van der Waals surface area contributed by atoms with Gasteiger partial charge in [0.25, 0.3) is 0 Å². The molecule has 0 saturated heterocycles. The Balaban J connectivity index is 2.15. The van der Waals surface area contributed by atoms with Gasteiger partial charge in [-0.15, -0.1) is 0 Å². The van der Waals surface area contributed by atoms with E-state index in [1.165, 1.54) is 0 Å². The third-order valence-electron chi connectivity index (χ3n) is 4.97. The highest BCUT2D eigenvalue weighted by Gasteiger charge is 2.21. The molecule has 0 radical (unpaired) electrons. The summed E-state index contributed by atoms with van der Waals surface area (Å²) >= 11 is 0. The molecule has 0 atom stereocenters. The van der Waals surface area contributed by atoms with E-state index in [2.05, 4.69) is 4.98 Å². The molecule has 2 heteroatoms. The van der Waals surface area contributed by atoms with Gasteiger partial charge in [0, 0.05) is 26.7 Å². The van der Waals surface area contributed by atoms with Crippen LogP contribution in [0.4, 0.5) is 0 Å². The maximum Gasteiger partial charge on any atom is 0.220 e. The van der Waals surface area contributed by atoms with Crippen LogP contribution in [-0.2, 0) is 7.05 Å². The summed E-state index contributed by atoms with van der Waals surface area (Å²) in [5, 5.41) is 0. The molecule has 0 aliphatic carbocycles. The molecule has 2 aromatic carbocycles. The van der Waals surface area contributed by atoms with Crippen molar-refractivity contribution in [2.45, 2.75) is 20.6 Å². The second-order valence-electron chi connectivity index (χ2n) is 6.88. The Morgan fingerprint density at radius 3 is 2.25 bits per heavy atom. The SMILES string of the molecule is [2H]C([2H])([2H])c1cc(-c2ccccc2)cc(C([2H])([2H])[2H])c1-c1ccc[n+](C)c1-c1ccncc1C. The molecule has 28 heavy (non-hydrogen) atoms. The Morgan fingerprint density at radius 1 is 0.821 bits per heavy atom. The van der Waals surface area contributed by atoms with Gasteiger partial charge in [-0.2, -0.15) is 0 Å². The topological polar surface area (TPSA) is 16.8 Å². The standard InChI is InChI=1S/C26H25N2/c1-18-15-22(21-9-6-5-7-10-21)16-19(2)25(18)24-11-8-14-28(4)26(24)23-12-13-27-17-20(23)3/h5-17H,1-4H3/q+1/i1D3,2D3. The van der Waals surface area contributed by atoms with Gasteiger partial charge in [-0.25, -0.2) is 4.57 Å². The van der Waals surface area contributed by atoms with Gasteiger partial charge in [0.1, 0.15) is 7.05 Å². The first-order valence-electron chi connectivity index (χ1n) is 12.1. The van der Waals surface area contributed by atoms with Crippen molar-refractivity contribution in [1.82, 2.24) is 4.98 Å². The zero-order valence-corrected chi connectivity index (χ0v) is 15.9. The minimum absolute atomic E-state index is 0.0131. The number of nitrogens with zero attached hydrogens (tertiary/aromatic N) is 2. The monoisotopic (exact) mass is 371 g/mol. The van der Waals surface area contributed by atoms with Crippen LogP contribution in [0.15, 0.2) is 79.3 Å². The number of rotatable bonds is 3. The van der Waals surface area contributed by atoms with Crippen molar-refractivity contribution in [3.8, 4) is 33.5 Å². The lowest BCUT2D eigenvalue weighted by molar-refractivity contribution is -0.660. The lowest BCUT2D eigenvalue weighted by Crippen LogP contribution is -2.31. The molecule has 2 heterocycles. The lowest BCUT2D eigenvalue weighted by Gasteiger charge is -2.16. The minimum Gasteiger partial charge on any atom is -0.264 e. The first-order valence-corrected chi connectivity index (χ1v) is 9.13. The lowest BCUT2D eigenvalue weighted by atomic mass is 9.89. The van der Waals surface area contributed by atoms with Gasteiger partial charge in [-0.05, 0) is 66.1 Å². The molecule has 2 aromatic heterocycles. The first kappa shape index (κ1) is 12.2. The Bertz CT molecular complexity index is 1310. The normalized spacial score (nSPS) is 14.9. The summed E-state index contributed by atoms with van der Waals surface area (Å²) in [4.78, 5) is 4.17. The molecule has 0 unspecified atom stereocenters. The molecule has 4 rings (SSSR count). The van der Waals surface area contributed by atoms with E-state index in [1.54, 1.807) is 36.7 Å². The summed E-state index contributed by atoms with van der Waals surface area (Å²) in [6.07, 6.45) is 5.27. The van der Waals surface area contributed by atoms with Crippen molar-refractivity contribution < 1.29 is 12.8 Å². The van der Waals surface area contributed by atoms with Gasteiger partial charge in [-0.3, -0.25) is 4.98 Å². The first-order chi connectivity index (χ1) is 16.0. The van der Waals surface area contributed by atoms with E-state index >= 15 is 0 Å². The average Bonchev–Trinajstić information content (AvgIpc) is 2.78. The van der Waals surface area contributed by atoms with E-state index in [9.17, 15) is 0 Å². The minimum atomic E-state index is -2.53. The zero-order valence-electron chi connectivity index (χ0n) is 21.9. The van der Waals surface area contributed by atoms with Crippen LogP contribution in [0.5, 0.6) is 0 Å². The molecule has 0 aliphatic heterocycles. The van der Waals surface area contributed by atoms with E-state index < -0.39 is 13.7 Å². The predicted octanol–water partition coefficient (Wildman–Crippen LogP) is 5.83. The van der Waals surface area contributed by atoms with Gasteiger partial charge >= 0.3 is 0 Å². The highest BCUT2D eigenvalue weighted by molar-refractivity contribution is 5.85. The van der Waals surface area contributed by atoms with Gasteiger partial charge in [0.05, 0.1) is 11.1 Å². The van der Waals surface area contributed by atoms with Crippen LogP contribution in [0, 0.1) is 20.6 Å². The summed E-state index contributed by atoms with van der Waals surface area (Å²) in [6, 6.07) is 17.9. The fraction of sp³-hybridized carbons (Fsp3) is 0.154. The molecule has 0 spiro atoms. The third kappa shape index (κ3) is 3.22. The molecule has 0 aliphatic rings. The van der Waals surface area contributed by atoms with Gasteiger partial charge in [-0.1, -0.05) is 42.5 Å². The van der Waals surface area contributed by atoms with Crippen LogP contribution in [-0.4, -0.2) is 4.98 Å². The summed E-state index contributed by atoms with van der Waals surface area (Å²) in [5.74, 6) is 0. The molecule has 2 nitrogen and oxygen atoms in total. The second kappa shape index (κ2) is 7.40. The Hall–Kier alpha value is -3.26. The maximum absolute atomic E-state index is 8.33. The predicted molar refractivity (Wildman–Crippen MR) is 116 cm³/mol. The maximum atomic E-state index is 8.33. The van der Waals surface area contributed by atoms with Crippen LogP contribution in [0.1, 0.15) is 24.9 Å². The Labute approximate surface area is 175 Å². The average molecular weight is 372 g/mol. The fourth-order valence-corrected chi connectivity index (χ4v) is 3.62. The summed E-state index contributed by atoms with van der Waals surface area (Å²) < 4.78 is 51.8. The van der Waals surface area contributed by atoms with E-state index in [1.807, 2.05) is 61.1 Å². The highest BCUT2D eigenvalue weighted by Crippen LogP contribution is 2.36. The van der Waals surface area contributed by atoms with E-state index in [-0.39, 0.29) is 16.7 Å². The van der Waals surface area contributed by atoms with Crippen molar-refractivity contribution in [1.29, 1.82) is 0 Å². The van der Waals surface area contributed by atoms with Crippen LogP contribution < -0.4 is 4.57 Å². The molecular formula is C26H25N2+. The highest BCUT2D eigenvalue weighted by atomic mass is 14.9. The van der Waals surface area contributed by atoms with Gasteiger partial charge in [0.2, 0.25) is 5.69 Å². The van der Waals surface area contributed by atoms with E-state index in [0.717, 1.165) is 22.4 Å². The summed E-state index contributed by atoms with van der Waals surface area (Å²) in [7, 11) is 1.86. The third-order valence-corrected chi connectivity index (χ3v) is 4.97. The summed E-state index contributed by atoms with van der Waals surface area (Å²) in [5.41, 5.74) is 4.60. The fourth-order valence-electron chi connectivity index (χ4n) is 3.62. The smallest absolute Gasteiger partial charge is 0.220 e. The van der Waals surface area contributed by atoms with Crippen molar-refractivity contribution in [3.05, 3.63) is 95.9 Å². The Morgan fingerprint density at radius 2 is 1.57 bits per heavy atom. The number of aryl methyl sites for hydroxylation is 4. The second-order valence-corrected chi connectivity index (χ2v) is 6.88. The molecular weight excluding hydrogens is 340 g/mol. The van der Waals surface area contributed by atoms with Gasteiger partial charge in [0.15, 0.2) is 6.20 Å². The molecule has 4 aromatic rings. The van der Waals surface area contributed by atoms with Crippen molar-refractivity contribution in [3.63, 3.8) is 0 Å². The molecule has 0 bridgehead atoms. The molecule has 0 saturated carbocycles. The van der Waals surface area contributed by atoms with Crippen molar-refractivity contribution >= 4 is 0 Å². The number of pyridine rings is 2. The largest absolute Gasteiger partial charge is 0.264 e. The molecule has 0 N–H and O–H groups in total. The van der Waals surface area contributed by atoms with Crippen LogP contribution >= 0.6 is 0 Å². The number of aromatic nitrogens is 2. The van der Waals surface area contributed by atoms with Crippen molar-refractivity contribution in [2.75, 3.05) is 0 Å². The number of hydrogen-bond donors (Lipinski definition) is 0. The van der Waals surface area contributed by atoms with Crippen LogP contribution in [0.3, 0.4) is 0 Å².